The van der Waals surface area contributed by atoms with Crippen LogP contribution < -0.4 is 0 Å². The van der Waals surface area contributed by atoms with Crippen molar-refractivity contribution >= 4 is 27.5 Å². The van der Waals surface area contributed by atoms with E-state index in [2.05, 4.69) is 20.9 Å². The molecular weight excluding hydrogens is 272 g/mol. The Morgan fingerprint density at radius 3 is 3.00 bits per heavy atom. The number of aryl methyl sites for hydroxylation is 1. The molecule has 2 aromatic rings. The molecule has 1 N–H and O–H groups in total. The highest BCUT2D eigenvalue weighted by Crippen LogP contribution is 2.21. The number of halogens is 1. The number of hydrogen-bond acceptors (Lipinski definition) is 2. The van der Waals surface area contributed by atoms with Gasteiger partial charge in [0.25, 0.3) is 0 Å². The molecule has 0 radical (unpaired) electrons. The molecule has 0 saturated carbocycles. The highest BCUT2D eigenvalue weighted by molar-refractivity contribution is 9.10. The van der Waals surface area contributed by atoms with E-state index < -0.39 is 5.97 Å². The van der Waals surface area contributed by atoms with E-state index in [0.29, 0.717) is 17.8 Å². The molecule has 84 valence electrons. The normalized spacial score (nSPS) is 10.9. The molecule has 0 amide bonds. The van der Waals surface area contributed by atoms with Crippen LogP contribution in [0.25, 0.3) is 5.65 Å². The van der Waals surface area contributed by atoms with Gasteiger partial charge in [-0.2, -0.15) is 0 Å². The number of nitrogens with zero attached hydrogens (tertiary/aromatic N) is 2. The van der Waals surface area contributed by atoms with Gasteiger partial charge in [-0.1, -0.05) is 13.3 Å². The summed E-state index contributed by atoms with van der Waals surface area (Å²) in [6.45, 7) is 2.00. The van der Waals surface area contributed by atoms with Gasteiger partial charge in [-0.15, -0.1) is 0 Å². The lowest BCUT2D eigenvalue weighted by Crippen LogP contribution is -2.05. The lowest BCUT2D eigenvalue weighted by atomic mass is 10.2. The van der Waals surface area contributed by atoms with E-state index in [4.69, 9.17) is 0 Å². The molecule has 0 spiro atoms. The maximum absolute atomic E-state index is 11.2. The van der Waals surface area contributed by atoms with Crippen molar-refractivity contribution < 1.29 is 9.90 Å². The molecule has 4 nitrogen and oxygen atoms in total. The lowest BCUT2D eigenvalue weighted by molar-refractivity contribution is 0.0688. The van der Waals surface area contributed by atoms with Gasteiger partial charge >= 0.3 is 5.97 Å². The van der Waals surface area contributed by atoms with E-state index in [9.17, 15) is 9.90 Å². The SMILES string of the molecule is CCCc1nc2c(Br)cccn2c1C(=O)O. The third-order valence-electron chi connectivity index (χ3n) is 2.36. The monoisotopic (exact) mass is 282 g/mol. The highest BCUT2D eigenvalue weighted by Gasteiger charge is 2.18. The topological polar surface area (TPSA) is 54.6 Å². The Kier molecular flexibility index (Phi) is 2.96. The van der Waals surface area contributed by atoms with Gasteiger partial charge in [0.15, 0.2) is 11.3 Å². The number of aromatic nitrogens is 2. The molecule has 5 heteroatoms. The van der Waals surface area contributed by atoms with Crippen molar-refractivity contribution in [3.63, 3.8) is 0 Å². The standard InChI is InChI=1S/C11H11BrN2O2/c1-2-4-8-9(11(15)16)14-6-3-5-7(12)10(14)13-8/h3,5-6H,2,4H2,1H3,(H,15,16). The number of pyridine rings is 1. The zero-order valence-corrected chi connectivity index (χ0v) is 10.4. The fourth-order valence-electron chi connectivity index (χ4n) is 1.72. The molecular formula is C11H11BrN2O2. The Labute approximate surface area is 101 Å². The summed E-state index contributed by atoms with van der Waals surface area (Å²) < 4.78 is 2.41. The first kappa shape index (κ1) is 11.1. The van der Waals surface area contributed by atoms with E-state index in [0.717, 1.165) is 10.9 Å². The Balaban J connectivity index is 2.75. The number of carboxylic acid groups (broad SMARTS) is 1. The van der Waals surface area contributed by atoms with E-state index in [1.807, 2.05) is 13.0 Å². The second-order valence-corrected chi connectivity index (χ2v) is 4.37. The number of imidazole rings is 1. The first-order valence-electron chi connectivity index (χ1n) is 5.04. The molecule has 0 atom stereocenters. The van der Waals surface area contributed by atoms with Gasteiger partial charge in [-0.3, -0.25) is 4.40 Å². The van der Waals surface area contributed by atoms with Gasteiger partial charge < -0.3 is 5.11 Å². The minimum absolute atomic E-state index is 0.262. The molecule has 0 aliphatic rings. The van der Waals surface area contributed by atoms with Crippen LogP contribution in [-0.4, -0.2) is 20.5 Å². The number of aromatic carboxylic acids is 1. The number of rotatable bonds is 3. The van der Waals surface area contributed by atoms with Gasteiger partial charge in [0.2, 0.25) is 0 Å². The van der Waals surface area contributed by atoms with Gasteiger partial charge in [0.05, 0.1) is 10.2 Å². The zero-order chi connectivity index (χ0) is 11.7. The van der Waals surface area contributed by atoms with Crippen LogP contribution in [0.15, 0.2) is 22.8 Å². The van der Waals surface area contributed by atoms with Crippen molar-refractivity contribution in [1.29, 1.82) is 0 Å². The Morgan fingerprint density at radius 2 is 2.38 bits per heavy atom. The minimum atomic E-state index is -0.936. The second-order valence-electron chi connectivity index (χ2n) is 3.51. The third kappa shape index (κ3) is 1.71. The van der Waals surface area contributed by atoms with Crippen molar-refractivity contribution in [3.8, 4) is 0 Å². The van der Waals surface area contributed by atoms with Crippen LogP contribution in [0.4, 0.5) is 0 Å². The number of hydrogen-bond donors (Lipinski definition) is 1. The summed E-state index contributed by atoms with van der Waals surface area (Å²) in [6, 6.07) is 3.64. The fraction of sp³-hybridized carbons (Fsp3) is 0.273. The summed E-state index contributed by atoms with van der Waals surface area (Å²) in [7, 11) is 0. The molecule has 0 aliphatic carbocycles. The zero-order valence-electron chi connectivity index (χ0n) is 8.77. The van der Waals surface area contributed by atoms with Crippen molar-refractivity contribution in [2.75, 3.05) is 0 Å². The molecule has 2 aromatic heterocycles. The number of carboxylic acids is 1. The van der Waals surface area contributed by atoms with Crippen LogP contribution in [0.3, 0.4) is 0 Å². The average molecular weight is 283 g/mol. The summed E-state index contributed by atoms with van der Waals surface area (Å²) >= 11 is 3.37. The molecule has 0 aliphatic heterocycles. The summed E-state index contributed by atoms with van der Waals surface area (Å²) in [5.74, 6) is -0.936. The average Bonchev–Trinajstić information content (AvgIpc) is 2.58. The molecule has 0 aromatic carbocycles. The lowest BCUT2D eigenvalue weighted by Gasteiger charge is -1.98. The molecule has 16 heavy (non-hydrogen) atoms. The Hall–Kier alpha value is -1.36. The number of fused-ring (bicyclic) bond motifs is 1. The Morgan fingerprint density at radius 1 is 1.62 bits per heavy atom. The van der Waals surface area contributed by atoms with Crippen LogP contribution in [-0.2, 0) is 6.42 Å². The molecule has 0 fully saturated rings. The third-order valence-corrected chi connectivity index (χ3v) is 2.98. The van der Waals surface area contributed by atoms with Crippen LogP contribution >= 0.6 is 15.9 Å². The molecule has 0 unspecified atom stereocenters. The molecule has 2 heterocycles. The van der Waals surface area contributed by atoms with E-state index >= 15 is 0 Å². The van der Waals surface area contributed by atoms with Crippen molar-refractivity contribution in [3.05, 3.63) is 34.2 Å². The number of carbonyl (C=O) groups is 1. The van der Waals surface area contributed by atoms with Gasteiger partial charge in [-0.05, 0) is 34.5 Å². The van der Waals surface area contributed by atoms with Gasteiger partial charge in [0.1, 0.15) is 0 Å². The van der Waals surface area contributed by atoms with Crippen molar-refractivity contribution in [1.82, 2.24) is 9.38 Å². The minimum Gasteiger partial charge on any atom is -0.477 e. The van der Waals surface area contributed by atoms with E-state index in [-0.39, 0.29) is 5.69 Å². The smallest absolute Gasteiger partial charge is 0.354 e. The van der Waals surface area contributed by atoms with Crippen molar-refractivity contribution in [2.45, 2.75) is 19.8 Å². The summed E-state index contributed by atoms with van der Waals surface area (Å²) in [5.41, 5.74) is 1.56. The van der Waals surface area contributed by atoms with Gasteiger partial charge in [0, 0.05) is 6.20 Å². The second kappa shape index (κ2) is 4.25. The van der Waals surface area contributed by atoms with Crippen LogP contribution in [0.5, 0.6) is 0 Å². The predicted molar refractivity (Wildman–Crippen MR) is 63.8 cm³/mol. The largest absolute Gasteiger partial charge is 0.477 e. The Bertz CT molecular complexity index is 548. The fourth-order valence-corrected chi connectivity index (χ4v) is 2.15. The molecule has 0 saturated heterocycles. The van der Waals surface area contributed by atoms with Crippen molar-refractivity contribution in [2.24, 2.45) is 0 Å². The first-order chi connectivity index (χ1) is 7.65. The summed E-state index contributed by atoms with van der Waals surface area (Å²) in [5, 5.41) is 9.19. The summed E-state index contributed by atoms with van der Waals surface area (Å²) in [6.07, 6.45) is 3.27. The van der Waals surface area contributed by atoms with Crippen LogP contribution in [0.2, 0.25) is 0 Å². The van der Waals surface area contributed by atoms with Gasteiger partial charge in [-0.25, -0.2) is 9.78 Å². The molecule has 0 bridgehead atoms. The first-order valence-corrected chi connectivity index (χ1v) is 5.83. The van der Waals surface area contributed by atoms with E-state index in [1.54, 1.807) is 16.7 Å². The quantitative estimate of drug-likeness (QED) is 0.942. The molecule has 2 rings (SSSR count). The summed E-state index contributed by atoms with van der Waals surface area (Å²) in [4.78, 5) is 15.6. The maximum atomic E-state index is 11.2. The highest BCUT2D eigenvalue weighted by atomic mass is 79.9. The van der Waals surface area contributed by atoms with Crippen LogP contribution in [0, 0.1) is 0 Å². The maximum Gasteiger partial charge on any atom is 0.354 e. The van der Waals surface area contributed by atoms with Crippen LogP contribution in [0.1, 0.15) is 29.5 Å². The van der Waals surface area contributed by atoms with E-state index in [1.165, 1.54) is 0 Å². The predicted octanol–water partition coefficient (Wildman–Crippen LogP) is 2.75.